The van der Waals surface area contributed by atoms with Crippen LogP contribution in [0.5, 0.6) is 0 Å². The minimum Gasteiger partial charge on any atom is -0.481 e. The van der Waals surface area contributed by atoms with Gasteiger partial charge in [0.2, 0.25) is 5.91 Å². The summed E-state index contributed by atoms with van der Waals surface area (Å²) in [4.78, 5) is 23.2. The fourth-order valence-corrected chi connectivity index (χ4v) is 3.29. The summed E-state index contributed by atoms with van der Waals surface area (Å²) < 4.78 is 0. The molecule has 0 radical (unpaired) electrons. The molecule has 2 saturated carbocycles. The molecule has 4 heteroatoms. The molecule has 0 heterocycles. The zero-order chi connectivity index (χ0) is 14.2. The van der Waals surface area contributed by atoms with Gasteiger partial charge in [-0.05, 0) is 42.9 Å². The van der Waals surface area contributed by atoms with Crippen LogP contribution in [0.25, 0.3) is 0 Å². The lowest BCUT2D eigenvalue weighted by atomic mass is 9.61. The van der Waals surface area contributed by atoms with E-state index in [1.807, 2.05) is 13.8 Å². The first-order valence-corrected chi connectivity index (χ1v) is 7.34. The van der Waals surface area contributed by atoms with E-state index >= 15 is 0 Å². The van der Waals surface area contributed by atoms with E-state index < -0.39 is 5.97 Å². The topological polar surface area (TPSA) is 66.4 Å². The molecule has 3 unspecified atom stereocenters. The third kappa shape index (κ3) is 3.10. The maximum absolute atomic E-state index is 11.9. The maximum atomic E-state index is 11.9. The first-order valence-electron chi connectivity index (χ1n) is 7.34. The number of hydrogen-bond donors (Lipinski definition) is 2. The first-order chi connectivity index (χ1) is 8.82. The molecule has 2 aliphatic rings. The zero-order valence-corrected chi connectivity index (χ0v) is 12.1. The Morgan fingerprint density at radius 3 is 2.37 bits per heavy atom. The molecule has 0 aromatic rings. The van der Waals surface area contributed by atoms with Crippen LogP contribution >= 0.6 is 0 Å². The second-order valence-electron chi connectivity index (χ2n) is 6.90. The fraction of sp³-hybridized carbons (Fsp3) is 0.867. The fourth-order valence-electron chi connectivity index (χ4n) is 3.29. The molecular formula is C15H25NO3. The summed E-state index contributed by atoms with van der Waals surface area (Å²) in [6.45, 7) is 6.09. The lowest BCUT2D eigenvalue weighted by Gasteiger charge is -2.46. The highest BCUT2D eigenvalue weighted by molar-refractivity contribution is 5.77. The summed E-state index contributed by atoms with van der Waals surface area (Å²) in [5.74, 6) is -0.0909. The van der Waals surface area contributed by atoms with Crippen LogP contribution in [0.15, 0.2) is 0 Å². The highest BCUT2D eigenvalue weighted by Gasteiger charge is 2.46. The smallest absolute Gasteiger partial charge is 0.307 e. The van der Waals surface area contributed by atoms with Crippen molar-refractivity contribution in [2.24, 2.45) is 23.2 Å². The minimum atomic E-state index is -0.709. The normalized spacial score (nSPS) is 33.7. The van der Waals surface area contributed by atoms with E-state index in [0.29, 0.717) is 18.8 Å². The maximum Gasteiger partial charge on any atom is 0.307 e. The summed E-state index contributed by atoms with van der Waals surface area (Å²) in [5, 5.41) is 12.4. The van der Waals surface area contributed by atoms with Crippen molar-refractivity contribution in [1.82, 2.24) is 5.32 Å². The monoisotopic (exact) mass is 267 g/mol. The van der Waals surface area contributed by atoms with E-state index in [2.05, 4.69) is 12.2 Å². The minimum absolute atomic E-state index is 0.122. The number of amides is 1. The lowest BCUT2D eigenvalue weighted by molar-refractivity contribution is -0.150. The molecule has 2 fully saturated rings. The molecule has 2 aliphatic carbocycles. The molecule has 3 atom stereocenters. The molecule has 1 amide bonds. The predicted octanol–water partition coefficient (Wildman–Crippen LogP) is 2.43. The molecule has 2 rings (SSSR count). The Morgan fingerprint density at radius 1 is 1.21 bits per heavy atom. The van der Waals surface area contributed by atoms with Crippen molar-refractivity contribution >= 4 is 11.9 Å². The molecular weight excluding hydrogens is 242 g/mol. The number of nitrogens with one attached hydrogen (secondary N) is 1. The van der Waals surface area contributed by atoms with E-state index in [0.717, 1.165) is 6.42 Å². The largest absolute Gasteiger partial charge is 0.481 e. The van der Waals surface area contributed by atoms with E-state index in [-0.39, 0.29) is 29.2 Å². The zero-order valence-electron chi connectivity index (χ0n) is 12.1. The molecule has 0 bridgehead atoms. The Morgan fingerprint density at radius 2 is 1.84 bits per heavy atom. The van der Waals surface area contributed by atoms with Gasteiger partial charge in [0, 0.05) is 12.5 Å². The third-order valence-electron chi connectivity index (χ3n) is 5.26. The Labute approximate surface area is 115 Å². The van der Waals surface area contributed by atoms with Crippen LogP contribution in [0.1, 0.15) is 52.9 Å². The van der Waals surface area contributed by atoms with Crippen LogP contribution in [-0.4, -0.2) is 23.0 Å². The predicted molar refractivity (Wildman–Crippen MR) is 72.6 cm³/mol. The van der Waals surface area contributed by atoms with Gasteiger partial charge in [0.05, 0.1) is 5.92 Å². The molecule has 108 valence electrons. The van der Waals surface area contributed by atoms with Gasteiger partial charge in [0.25, 0.3) is 0 Å². The quantitative estimate of drug-likeness (QED) is 0.822. The summed E-state index contributed by atoms with van der Waals surface area (Å²) in [6.07, 6.45) is 4.44. The molecule has 4 nitrogen and oxygen atoms in total. The van der Waals surface area contributed by atoms with E-state index in [4.69, 9.17) is 0 Å². The summed E-state index contributed by atoms with van der Waals surface area (Å²) in [5.41, 5.74) is -0.276. The van der Waals surface area contributed by atoms with E-state index in [1.165, 1.54) is 12.8 Å². The van der Waals surface area contributed by atoms with Gasteiger partial charge < -0.3 is 10.4 Å². The van der Waals surface area contributed by atoms with Crippen molar-refractivity contribution in [2.45, 2.75) is 58.9 Å². The molecule has 0 spiro atoms. The first kappa shape index (κ1) is 14.4. The van der Waals surface area contributed by atoms with Gasteiger partial charge in [0.15, 0.2) is 0 Å². The van der Waals surface area contributed by atoms with Gasteiger partial charge in [0.1, 0.15) is 0 Å². The van der Waals surface area contributed by atoms with Crippen LogP contribution in [-0.2, 0) is 9.59 Å². The second-order valence-corrected chi connectivity index (χ2v) is 6.90. The van der Waals surface area contributed by atoms with Crippen molar-refractivity contribution in [3.05, 3.63) is 0 Å². The number of carboxylic acids is 1. The van der Waals surface area contributed by atoms with Crippen molar-refractivity contribution in [1.29, 1.82) is 0 Å². The van der Waals surface area contributed by atoms with Crippen molar-refractivity contribution in [3.8, 4) is 0 Å². The summed E-state index contributed by atoms with van der Waals surface area (Å²) in [6, 6.07) is 0.122. The summed E-state index contributed by atoms with van der Waals surface area (Å²) >= 11 is 0. The molecule has 19 heavy (non-hydrogen) atoms. The van der Waals surface area contributed by atoms with Crippen molar-refractivity contribution in [2.75, 3.05) is 0 Å². The lowest BCUT2D eigenvalue weighted by Crippen LogP contribution is -2.52. The molecule has 0 aromatic carbocycles. The molecule has 2 N–H and O–H groups in total. The number of aliphatic carboxylic acids is 1. The van der Waals surface area contributed by atoms with Crippen molar-refractivity contribution < 1.29 is 14.7 Å². The third-order valence-corrected chi connectivity index (χ3v) is 5.26. The van der Waals surface area contributed by atoms with Crippen molar-refractivity contribution in [3.63, 3.8) is 0 Å². The highest BCUT2D eigenvalue weighted by atomic mass is 16.4. The van der Waals surface area contributed by atoms with Gasteiger partial charge in [-0.1, -0.05) is 20.8 Å². The van der Waals surface area contributed by atoms with E-state index in [9.17, 15) is 14.7 Å². The Kier molecular flexibility index (Phi) is 3.88. The highest BCUT2D eigenvalue weighted by Crippen LogP contribution is 2.45. The number of carboxylic acid groups (broad SMARTS) is 1. The molecule has 0 saturated heterocycles. The average Bonchev–Trinajstić information content (AvgIpc) is 3.08. The standard InChI is InChI=1S/C15H25NO3/c1-9-12(16-13(17)8-10-4-5-10)7-6-11(14(18)19)15(9,2)3/h9-12H,4-8H2,1-3H3,(H,16,17)(H,18,19). The number of carbonyl (C=O) groups is 2. The van der Waals surface area contributed by atoms with Gasteiger partial charge in [-0.25, -0.2) is 0 Å². The number of rotatable bonds is 4. The SMILES string of the molecule is CC1C(NC(=O)CC2CC2)CCC(C(=O)O)C1(C)C. The molecule has 0 aromatic heterocycles. The summed E-state index contributed by atoms with van der Waals surface area (Å²) in [7, 11) is 0. The van der Waals surface area contributed by atoms with Gasteiger partial charge in [-0.15, -0.1) is 0 Å². The second kappa shape index (κ2) is 5.14. The number of carbonyl (C=O) groups excluding carboxylic acids is 1. The Balaban J connectivity index is 1.96. The van der Waals surface area contributed by atoms with Gasteiger partial charge in [-0.3, -0.25) is 9.59 Å². The average molecular weight is 267 g/mol. The number of hydrogen-bond acceptors (Lipinski definition) is 2. The van der Waals surface area contributed by atoms with Gasteiger partial charge >= 0.3 is 5.97 Å². The van der Waals surface area contributed by atoms with Crippen LogP contribution in [0.4, 0.5) is 0 Å². The Hall–Kier alpha value is -1.06. The van der Waals surface area contributed by atoms with Gasteiger partial charge in [-0.2, -0.15) is 0 Å². The van der Waals surface area contributed by atoms with Crippen LogP contribution in [0, 0.1) is 23.2 Å². The molecule has 0 aliphatic heterocycles. The Bertz CT molecular complexity index is 374. The van der Waals surface area contributed by atoms with E-state index in [1.54, 1.807) is 0 Å². The van der Waals surface area contributed by atoms with Crippen LogP contribution < -0.4 is 5.32 Å². The van der Waals surface area contributed by atoms with Crippen LogP contribution in [0.2, 0.25) is 0 Å². The van der Waals surface area contributed by atoms with Crippen LogP contribution in [0.3, 0.4) is 0 Å².